The number of hydrogen-bond acceptors (Lipinski definition) is 6. The highest BCUT2D eigenvalue weighted by Gasteiger charge is 2.54. The van der Waals surface area contributed by atoms with Crippen LogP contribution in [-0.2, 0) is 11.3 Å². The molecule has 3 aliphatic heterocycles. The zero-order valence-electron chi connectivity index (χ0n) is 19.7. The number of allylic oxidation sites excluding steroid dienone is 1. The zero-order chi connectivity index (χ0) is 24.0. The Bertz CT molecular complexity index is 1180. The summed E-state index contributed by atoms with van der Waals surface area (Å²) in [4.78, 5) is 17.8. The number of phenolic OH excluding ortho intramolecular Hbond substituents is 2. The summed E-state index contributed by atoms with van der Waals surface area (Å²) in [6.07, 6.45) is 6.77. The van der Waals surface area contributed by atoms with Crippen LogP contribution in [-0.4, -0.2) is 45.6 Å². The molecule has 35 heavy (non-hydrogen) atoms. The Hall–Kier alpha value is -3.49. The molecule has 3 saturated heterocycles. The molecule has 0 radical (unpaired) electrons. The first-order valence-electron chi connectivity index (χ1n) is 12.4. The number of nitrogens with two attached hydrogens (primary N) is 1. The van der Waals surface area contributed by atoms with E-state index in [0.717, 1.165) is 55.9 Å². The van der Waals surface area contributed by atoms with Gasteiger partial charge in [0.15, 0.2) is 0 Å². The molecule has 1 aliphatic carbocycles. The van der Waals surface area contributed by atoms with Gasteiger partial charge >= 0.3 is 0 Å². The SMILES string of the molecule is O=C(C1C=C2N[NH2+]NC2=CC1)N1CCC2(CC1)CN(Cc1ccccc1O)C2c1ccc(O)cc1. The van der Waals surface area contributed by atoms with E-state index in [1.165, 1.54) is 5.56 Å². The number of phenols is 2. The van der Waals surface area contributed by atoms with Crippen LogP contribution in [0.2, 0.25) is 0 Å². The summed E-state index contributed by atoms with van der Waals surface area (Å²) < 4.78 is 0. The number of amides is 1. The predicted octanol–water partition coefficient (Wildman–Crippen LogP) is 1.64. The van der Waals surface area contributed by atoms with E-state index in [1.54, 1.807) is 23.7 Å². The molecule has 8 nitrogen and oxygen atoms in total. The predicted molar refractivity (Wildman–Crippen MR) is 130 cm³/mol. The molecule has 8 heteroatoms. The van der Waals surface area contributed by atoms with E-state index in [0.29, 0.717) is 12.3 Å². The minimum absolute atomic E-state index is 0.0855. The van der Waals surface area contributed by atoms with Gasteiger partial charge in [-0.25, -0.2) is 10.9 Å². The lowest BCUT2D eigenvalue weighted by molar-refractivity contribution is -0.736. The van der Waals surface area contributed by atoms with Gasteiger partial charge in [0.05, 0.1) is 5.92 Å². The van der Waals surface area contributed by atoms with Crippen LogP contribution in [0.15, 0.2) is 72.1 Å². The third-order valence-corrected chi connectivity index (χ3v) is 8.11. The topological polar surface area (TPSA) is 105 Å². The number of rotatable bonds is 4. The number of para-hydroxylation sites is 1. The van der Waals surface area contributed by atoms with Crippen molar-refractivity contribution in [1.82, 2.24) is 20.7 Å². The summed E-state index contributed by atoms with van der Waals surface area (Å²) in [6, 6.07) is 15.2. The highest BCUT2D eigenvalue weighted by molar-refractivity contribution is 5.81. The first-order chi connectivity index (χ1) is 17.0. The van der Waals surface area contributed by atoms with Crippen molar-refractivity contribution < 1.29 is 20.5 Å². The van der Waals surface area contributed by atoms with Gasteiger partial charge in [-0.05, 0) is 49.1 Å². The fourth-order valence-corrected chi connectivity index (χ4v) is 6.27. The van der Waals surface area contributed by atoms with Crippen molar-refractivity contribution in [2.24, 2.45) is 11.3 Å². The number of nitrogens with one attached hydrogen (secondary N) is 2. The van der Waals surface area contributed by atoms with E-state index in [4.69, 9.17) is 0 Å². The smallest absolute Gasteiger partial charge is 0.229 e. The maximum Gasteiger partial charge on any atom is 0.229 e. The molecule has 1 spiro atoms. The molecular formula is C27H32N5O3+. The average Bonchev–Trinajstić information content (AvgIpc) is 3.34. The molecule has 182 valence electrons. The number of piperidine rings is 1. The van der Waals surface area contributed by atoms with Crippen LogP contribution in [0.25, 0.3) is 0 Å². The molecule has 1 amide bonds. The van der Waals surface area contributed by atoms with E-state index in [2.05, 4.69) is 27.9 Å². The number of aromatic hydroxyl groups is 2. The van der Waals surface area contributed by atoms with E-state index < -0.39 is 0 Å². The van der Waals surface area contributed by atoms with Crippen LogP contribution in [0.5, 0.6) is 11.5 Å². The lowest BCUT2D eigenvalue weighted by Gasteiger charge is -2.61. The monoisotopic (exact) mass is 474 g/mol. The number of likely N-dealkylation sites (tertiary alicyclic amines) is 2. The highest BCUT2D eigenvalue weighted by Crippen LogP contribution is 2.55. The number of benzene rings is 2. The Morgan fingerprint density at radius 1 is 1.03 bits per heavy atom. The van der Waals surface area contributed by atoms with Gasteiger partial charge in [-0.2, -0.15) is 0 Å². The van der Waals surface area contributed by atoms with Crippen LogP contribution in [0.1, 0.15) is 36.4 Å². The third-order valence-electron chi connectivity index (χ3n) is 8.11. The number of fused-ring (bicyclic) bond motifs is 1. The van der Waals surface area contributed by atoms with Crippen molar-refractivity contribution >= 4 is 5.91 Å². The molecule has 6 rings (SSSR count). The molecule has 0 saturated carbocycles. The number of quaternary nitrogens is 1. The van der Waals surface area contributed by atoms with Gasteiger partial charge in [-0.3, -0.25) is 9.69 Å². The number of carbonyl (C=O) groups is 1. The average molecular weight is 475 g/mol. The van der Waals surface area contributed by atoms with Gasteiger partial charge in [-0.1, -0.05) is 36.4 Å². The van der Waals surface area contributed by atoms with Crippen molar-refractivity contribution in [2.75, 3.05) is 19.6 Å². The molecule has 0 aromatic heterocycles. The second-order valence-corrected chi connectivity index (χ2v) is 10.2. The molecule has 6 N–H and O–H groups in total. The van der Waals surface area contributed by atoms with Gasteiger partial charge in [0.25, 0.3) is 0 Å². The molecule has 2 aromatic carbocycles. The molecule has 3 heterocycles. The van der Waals surface area contributed by atoms with Crippen molar-refractivity contribution in [1.29, 1.82) is 0 Å². The number of hydrogen-bond donors (Lipinski definition) is 5. The lowest BCUT2D eigenvalue weighted by atomic mass is 9.63. The highest BCUT2D eigenvalue weighted by atomic mass is 16.3. The quantitative estimate of drug-likeness (QED) is 0.432. The number of carbonyl (C=O) groups excluding carboxylic acids is 1. The zero-order valence-corrected chi connectivity index (χ0v) is 19.7. The van der Waals surface area contributed by atoms with Crippen LogP contribution >= 0.6 is 0 Å². The molecular weight excluding hydrogens is 442 g/mol. The van der Waals surface area contributed by atoms with Crippen molar-refractivity contribution in [3.8, 4) is 11.5 Å². The van der Waals surface area contributed by atoms with Crippen molar-refractivity contribution in [2.45, 2.75) is 31.8 Å². The summed E-state index contributed by atoms with van der Waals surface area (Å²) in [6.45, 7) is 3.11. The molecule has 0 bridgehead atoms. The standard InChI is InChI=1S/C27H31N5O3/c33-21-8-5-18(6-9-21)25-27(17-32(25)16-20-3-1-2-4-24(20)34)11-13-31(14-12-27)26(35)19-7-10-22-23(15-19)29-30-28-22/h1-6,8-10,15,19,25,28-30,33-34H,7,11-14,16-17H2/p+1. The lowest BCUT2D eigenvalue weighted by Crippen LogP contribution is -2.95. The normalized spacial score (nSPS) is 25.1. The van der Waals surface area contributed by atoms with Crippen LogP contribution in [0.3, 0.4) is 0 Å². The van der Waals surface area contributed by atoms with Gasteiger partial charge in [0, 0.05) is 43.2 Å². The number of nitrogens with zero attached hydrogens (tertiary/aromatic N) is 2. The van der Waals surface area contributed by atoms with Crippen LogP contribution in [0, 0.1) is 11.3 Å². The molecule has 3 fully saturated rings. The van der Waals surface area contributed by atoms with Crippen LogP contribution < -0.4 is 16.4 Å². The maximum absolute atomic E-state index is 13.3. The minimum Gasteiger partial charge on any atom is -0.508 e. The van der Waals surface area contributed by atoms with Gasteiger partial charge in [-0.15, -0.1) is 5.53 Å². The Kier molecular flexibility index (Phi) is 5.42. The summed E-state index contributed by atoms with van der Waals surface area (Å²) in [5.74, 6) is 0.679. The first-order valence-corrected chi connectivity index (χ1v) is 12.4. The third kappa shape index (κ3) is 3.92. The van der Waals surface area contributed by atoms with E-state index in [1.807, 2.05) is 35.2 Å². The summed E-state index contributed by atoms with van der Waals surface area (Å²) in [5, 5.41) is 20.2. The summed E-state index contributed by atoms with van der Waals surface area (Å²) >= 11 is 0. The second-order valence-electron chi connectivity index (χ2n) is 10.2. The molecule has 2 aromatic rings. The van der Waals surface area contributed by atoms with Crippen molar-refractivity contribution in [3.05, 3.63) is 83.2 Å². The van der Waals surface area contributed by atoms with Gasteiger partial charge in [0.1, 0.15) is 22.9 Å². The fraction of sp³-hybridized carbons (Fsp3) is 0.370. The largest absolute Gasteiger partial charge is 0.508 e. The summed E-state index contributed by atoms with van der Waals surface area (Å²) in [5.41, 5.74) is 12.4. The molecule has 2 unspecified atom stereocenters. The molecule has 2 atom stereocenters. The first kappa shape index (κ1) is 22.0. The Morgan fingerprint density at radius 2 is 1.77 bits per heavy atom. The van der Waals surface area contributed by atoms with Gasteiger partial charge < -0.3 is 15.1 Å². The maximum atomic E-state index is 13.3. The van der Waals surface area contributed by atoms with Gasteiger partial charge in [0.2, 0.25) is 5.91 Å². The van der Waals surface area contributed by atoms with E-state index in [-0.39, 0.29) is 29.0 Å². The molecule has 4 aliphatic rings. The Morgan fingerprint density at radius 3 is 2.54 bits per heavy atom. The fourth-order valence-electron chi connectivity index (χ4n) is 6.27. The Labute approximate surface area is 204 Å². The van der Waals surface area contributed by atoms with E-state index >= 15 is 0 Å². The Balaban J connectivity index is 1.17. The van der Waals surface area contributed by atoms with Crippen molar-refractivity contribution in [3.63, 3.8) is 0 Å². The second kappa shape index (κ2) is 8.62. The van der Waals surface area contributed by atoms with E-state index in [9.17, 15) is 15.0 Å². The van der Waals surface area contributed by atoms with Crippen LogP contribution in [0.4, 0.5) is 0 Å². The minimum atomic E-state index is -0.115. The summed E-state index contributed by atoms with van der Waals surface area (Å²) in [7, 11) is 0.